The number of alkyl halides is 3. The highest BCUT2D eigenvalue weighted by Crippen LogP contribution is 2.34. The Morgan fingerprint density at radius 3 is 2.59 bits per heavy atom. The normalized spacial score (nSPS) is 13.2. The molecule has 120 valence electrons. The number of nitrogens with zero attached hydrogens (tertiary/aromatic N) is 3. The van der Waals surface area contributed by atoms with Crippen LogP contribution < -0.4 is 5.32 Å². The van der Waals surface area contributed by atoms with Gasteiger partial charge in [-0.1, -0.05) is 0 Å². The van der Waals surface area contributed by atoms with Crippen LogP contribution in [0.1, 0.15) is 28.0 Å². The second kappa shape index (κ2) is 6.07. The number of aryl methyl sites for hydroxylation is 2. The van der Waals surface area contributed by atoms with Crippen LogP contribution >= 0.6 is 11.3 Å². The van der Waals surface area contributed by atoms with E-state index in [0.717, 1.165) is 17.0 Å². The van der Waals surface area contributed by atoms with Gasteiger partial charge in [0, 0.05) is 29.4 Å². The molecule has 2 aromatic rings. The molecule has 2 heterocycles. The summed E-state index contributed by atoms with van der Waals surface area (Å²) in [4.78, 5) is 15.8. The number of carbonyl (C=O) groups is 1. The maximum atomic E-state index is 13.1. The molecule has 0 fully saturated rings. The zero-order valence-corrected chi connectivity index (χ0v) is 13.0. The number of rotatable bonds is 4. The van der Waals surface area contributed by atoms with Crippen LogP contribution in [0.25, 0.3) is 0 Å². The molecule has 22 heavy (non-hydrogen) atoms. The lowest BCUT2D eigenvalue weighted by atomic mass is 10.1. The van der Waals surface area contributed by atoms with Gasteiger partial charge in [-0.25, -0.2) is 4.98 Å². The summed E-state index contributed by atoms with van der Waals surface area (Å²) >= 11 is 0.878. The molecule has 1 atom stereocenters. The Morgan fingerprint density at radius 2 is 2.14 bits per heavy atom. The van der Waals surface area contributed by atoms with Gasteiger partial charge in [0.2, 0.25) is 5.91 Å². The van der Waals surface area contributed by atoms with Gasteiger partial charge in [-0.05, 0) is 13.8 Å². The summed E-state index contributed by atoms with van der Waals surface area (Å²) < 4.78 is 41.0. The van der Waals surface area contributed by atoms with Gasteiger partial charge in [0.25, 0.3) is 0 Å². The van der Waals surface area contributed by atoms with E-state index in [1.807, 2.05) is 5.32 Å². The number of hydrogen-bond acceptors (Lipinski definition) is 4. The van der Waals surface area contributed by atoms with E-state index in [-0.39, 0.29) is 11.4 Å². The molecule has 0 bridgehead atoms. The number of carbonyl (C=O) groups excluding carboxylic acids is 1. The molecule has 1 unspecified atom stereocenters. The van der Waals surface area contributed by atoms with Crippen molar-refractivity contribution in [3.8, 4) is 0 Å². The Bertz CT molecular complexity index is 677. The summed E-state index contributed by atoms with van der Waals surface area (Å²) in [7, 11) is 1.70. The number of thiazole rings is 1. The fourth-order valence-electron chi connectivity index (χ4n) is 1.89. The second-order valence-electron chi connectivity index (χ2n) is 4.92. The molecule has 9 heteroatoms. The van der Waals surface area contributed by atoms with Crippen molar-refractivity contribution in [1.29, 1.82) is 0 Å². The molecule has 2 aromatic heterocycles. The van der Waals surface area contributed by atoms with Crippen LogP contribution in [0.15, 0.2) is 11.6 Å². The Labute approximate surface area is 129 Å². The van der Waals surface area contributed by atoms with Gasteiger partial charge in [0.05, 0.1) is 12.6 Å². The highest BCUT2D eigenvalue weighted by Gasteiger charge is 2.43. The SMILES string of the molecule is Cc1csc(C(NC(=O)Cc2cnn(C)c2C)C(F)(F)F)n1. The molecule has 5 nitrogen and oxygen atoms in total. The Kier molecular flexibility index (Phi) is 4.55. The van der Waals surface area contributed by atoms with Crippen molar-refractivity contribution in [2.75, 3.05) is 0 Å². The topological polar surface area (TPSA) is 59.8 Å². The number of aromatic nitrogens is 3. The minimum Gasteiger partial charge on any atom is -0.339 e. The second-order valence-corrected chi connectivity index (χ2v) is 5.81. The van der Waals surface area contributed by atoms with Crippen molar-refractivity contribution in [3.05, 3.63) is 33.5 Å². The van der Waals surface area contributed by atoms with Gasteiger partial charge in [0.15, 0.2) is 6.04 Å². The monoisotopic (exact) mass is 332 g/mol. The first-order valence-electron chi connectivity index (χ1n) is 6.44. The highest BCUT2D eigenvalue weighted by atomic mass is 32.1. The molecule has 1 N–H and O–H groups in total. The van der Waals surface area contributed by atoms with Gasteiger partial charge >= 0.3 is 6.18 Å². The van der Waals surface area contributed by atoms with E-state index < -0.39 is 18.1 Å². The van der Waals surface area contributed by atoms with Crippen molar-refractivity contribution in [2.45, 2.75) is 32.5 Å². The first kappa shape index (κ1) is 16.5. The average Bonchev–Trinajstić information content (AvgIpc) is 2.96. The molecule has 0 aromatic carbocycles. The number of halogens is 3. The third-order valence-corrected chi connectivity index (χ3v) is 4.23. The van der Waals surface area contributed by atoms with Crippen LogP contribution in [0.2, 0.25) is 0 Å². The van der Waals surface area contributed by atoms with Crippen LogP contribution in [-0.2, 0) is 18.3 Å². The lowest BCUT2D eigenvalue weighted by Crippen LogP contribution is -2.38. The fourth-order valence-corrected chi connectivity index (χ4v) is 2.76. The molecular weight excluding hydrogens is 317 g/mol. The molecule has 2 rings (SSSR count). The van der Waals surface area contributed by atoms with Crippen LogP contribution in [0.5, 0.6) is 0 Å². The molecule has 0 saturated heterocycles. The number of nitrogens with one attached hydrogen (secondary N) is 1. The van der Waals surface area contributed by atoms with Crippen molar-refractivity contribution in [3.63, 3.8) is 0 Å². The predicted molar refractivity (Wildman–Crippen MR) is 75.4 cm³/mol. The summed E-state index contributed by atoms with van der Waals surface area (Å²) in [6.07, 6.45) is -3.27. The van der Waals surface area contributed by atoms with Gasteiger partial charge < -0.3 is 5.32 Å². The Morgan fingerprint density at radius 1 is 1.45 bits per heavy atom. The van der Waals surface area contributed by atoms with Crippen molar-refractivity contribution in [1.82, 2.24) is 20.1 Å². The molecule has 0 radical (unpaired) electrons. The molecule has 0 spiro atoms. The third kappa shape index (κ3) is 3.65. The first-order chi connectivity index (χ1) is 10.2. The maximum absolute atomic E-state index is 13.1. The van der Waals surface area contributed by atoms with Gasteiger partial charge in [-0.2, -0.15) is 18.3 Å². The van der Waals surface area contributed by atoms with Crippen LogP contribution in [-0.4, -0.2) is 26.8 Å². The first-order valence-corrected chi connectivity index (χ1v) is 7.32. The van der Waals surface area contributed by atoms with Gasteiger partial charge in [-0.15, -0.1) is 11.3 Å². The van der Waals surface area contributed by atoms with E-state index in [4.69, 9.17) is 0 Å². The van der Waals surface area contributed by atoms with Crippen LogP contribution in [0.3, 0.4) is 0 Å². The molecule has 0 aliphatic rings. The van der Waals surface area contributed by atoms with Crippen molar-refractivity contribution in [2.24, 2.45) is 7.05 Å². The standard InChI is InChI=1S/C13H15F3N4OS/c1-7-6-22-12(18-7)11(13(14,15)16)19-10(21)4-9-5-17-20(3)8(9)2/h5-6,11H,4H2,1-3H3,(H,19,21). The van der Waals surface area contributed by atoms with Crippen molar-refractivity contribution < 1.29 is 18.0 Å². The molecule has 0 saturated carbocycles. The van der Waals surface area contributed by atoms with Crippen molar-refractivity contribution >= 4 is 17.2 Å². The number of amides is 1. The lowest BCUT2D eigenvalue weighted by molar-refractivity contribution is -0.163. The zero-order valence-electron chi connectivity index (χ0n) is 12.2. The van der Waals surface area contributed by atoms with E-state index in [2.05, 4.69) is 10.1 Å². The molecular formula is C13H15F3N4OS. The molecule has 0 aliphatic carbocycles. The van der Waals surface area contributed by atoms with E-state index >= 15 is 0 Å². The lowest BCUT2D eigenvalue weighted by Gasteiger charge is -2.19. The third-order valence-electron chi connectivity index (χ3n) is 3.20. The smallest absolute Gasteiger partial charge is 0.339 e. The molecule has 0 aliphatic heterocycles. The van der Waals surface area contributed by atoms with E-state index in [9.17, 15) is 18.0 Å². The summed E-state index contributed by atoms with van der Waals surface area (Å²) in [6, 6.07) is -2.09. The quantitative estimate of drug-likeness (QED) is 0.936. The number of hydrogen-bond donors (Lipinski definition) is 1. The Balaban J connectivity index is 2.14. The van der Waals surface area contributed by atoms with E-state index in [0.29, 0.717) is 11.3 Å². The van der Waals surface area contributed by atoms with E-state index in [1.165, 1.54) is 11.6 Å². The summed E-state index contributed by atoms with van der Waals surface area (Å²) in [5, 5.41) is 7.34. The Hall–Kier alpha value is -1.90. The fraction of sp³-hybridized carbons (Fsp3) is 0.462. The minimum absolute atomic E-state index is 0.156. The summed E-state index contributed by atoms with van der Waals surface area (Å²) in [5.41, 5.74) is 1.83. The molecule has 1 amide bonds. The summed E-state index contributed by atoms with van der Waals surface area (Å²) in [6.45, 7) is 3.36. The largest absolute Gasteiger partial charge is 0.415 e. The van der Waals surface area contributed by atoms with E-state index in [1.54, 1.807) is 25.6 Å². The van der Waals surface area contributed by atoms with Crippen LogP contribution in [0.4, 0.5) is 13.2 Å². The average molecular weight is 332 g/mol. The van der Waals surface area contributed by atoms with Gasteiger partial charge in [-0.3, -0.25) is 9.48 Å². The van der Waals surface area contributed by atoms with Crippen LogP contribution in [0, 0.1) is 13.8 Å². The minimum atomic E-state index is -4.59. The predicted octanol–water partition coefficient (Wildman–Crippen LogP) is 2.46. The summed E-state index contributed by atoms with van der Waals surface area (Å²) in [5.74, 6) is -0.716. The van der Waals surface area contributed by atoms with Gasteiger partial charge in [0.1, 0.15) is 5.01 Å². The maximum Gasteiger partial charge on any atom is 0.415 e. The highest BCUT2D eigenvalue weighted by molar-refractivity contribution is 7.09. The zero-order chi connectivity index (χ0) is 16.5.